The quantitative estimate of drug-likeness (QED) is 0.674. The Hall–Kier alpha value is -1.36. The van der Waals surface area contributed by atoms with Gasteiger partial charge in [0, 0.05) is 6.04 Å². The predicted molar refractivity (Wildman–Crippen MR) is 85.3 cm³/mol. The van der Waals surface area contributed by atoms with Gasteiger partial charge in [-0.15, -0.1) is 0 Å². The van der Waals surface area contributed by atoms with Crippen LogP contribution in [0.1, 0.15) is 54.7 Å². The maximum atomic E-state index is 6.35. The topological polar surface area (TPSA) is 55.9 Å². The first kappa shape index (κ1) is 14.6. The highest BCUT2D eigenvalue weighted by molar-refractivity contribution is 6.31. The molecular weight excluding hydrogens is 284 g/mol. The summed E-state index contributed by atoms with van der Waals surface area (Å²) in [5.41, 5.74) is 7.85. The summed E-state index contributed by atoms with van der Waals surface area (Å²) in [5, 5.41) is 5.02. The lowest BCUT2D eigenvalue weighted by Gasteiger charge is -2.21. The SMILES string of the molecule is CC(C)n1ncc(Cl)c1C(NN)c1ccc2c(c1)CCC2. The molecule has 21 heavy (non-hydrogen) atoms. The minimum Gasteiger partial charge on any atom is -0.271 e. The zero-order valence-electron chi connectivity index (χ0n) is 12.4. The molecule has 0 spiro atoms. The van der Waals surface area contributed by atoms with Gasteiger partial charge in [0.05, 0.1) is 23.0 Å². The summed E-state index contributed by atoms with van der Waals surface area (Å²) in [4.78, 5) is 0. The number of aromatic nitrogens is 2. The molecule has 1 aromatic heterocycles. The molecule has 112 valence electrons. The van der Waals surface area contributed by atoms with E-state index in [2.05, 4.69) is 42.6 Å². The fraction of sp³-hybridized carbons (Fsp3) is 0.438. The number of nitrogens with zero attached hydrogens (tertiary/aromatic N) is 2. The molecule has 3 rings (SSSR count). The Balaban J connectivity index is 2.05. The Kier molecular flexibility index (Phi) is 4.02. The largest absolute Gasteiger partial charge is 0.271 e. The van der Waals surface area contributed by atoms with Crippen LogP contribution in [0, 0.1) is 0 Å². The summed E-state index contributed by atoms with van der Waals surface area (Å²) in [6, 6.07) is 6.70. The minimum absolute atomic E-state index is 0.145. The third-order valence-electron chi connectivity index (χ3n) is 4.17. The molecule has 0 amide bonds. The number of fused-ring (bicyclic) bond motifs is 1. The van der Waals surface area contributed by atoms with Crippen molar-refractivity contribution in [1.82, 2.24) is 15.2 Å². The molecule has 1 unspecified atom stereocenters. The summed E-state index contributed by atoms with van der Waals surface area (Å²) in [7, 11) is 0. The van der Waals surface area contributed by atoms with Crippen LogP contribution >= 0.6 is 11.6 Å². The van der Waals surface area contributed by atoms with E-state index in [0.29, 0.717) is 5.02 Å². The molecule has 0 radical (unpaired) electrons. The van der Waals surface area contributed by atoms with Crippen LogP contribution < -0.4 is 11.3 Å². The van der Waals surface area contributed by atoms with Crippen LogP contribution in [0.15, 0.2) is 24.4 Å². The molecule has 0 fully saturated rings. The highest BCUT2D eigenvalue weighted by Crippen LogP contribution is 2.32. The number of hydrazine groups is 1. The van der Waals surface area contributed by atoms with E-state index in [4.69, 9.17) is 17.4 Å². The highest BCUT2D eigenvalue weighted by atomic mass is 35.5. The van der Waals surface area contributed by atoms with Gasteiger partial charge in [-0.2, -0.15) is 5.10 Å². The molecule has 1 aliphatic rings. The van der Waals surface area contributed by atoms with Crippen LogP contribution in [0.4, 0.5) is 0 Å². The van der Waals surface area contributed by atoms with E-state index in [1.807, 2.05) is 4.68 Å². The number of rotatable bonds is 4. The van der Waals surface area contributed by atoms with Crippen LogP contribution in [0.5, 0.6) is 0 Å². The van der Waals surface area contributed by atoms with E-state index in [-0.39, 0.29) is 12.1 Å². The first-order valence-corrected chi connectivity index (χ1v) is 7.80. The lowest BCUT2D eigenvalue weighted by atomic mass is 9.99. The van der Waals surface area contributed by atoms with Crippen molar-refractivity contribution in [2.75, 3.05) is 0 Å². The van der Waals surface area contributed by atoms with Gasteiger partial charge in [-0.05, 0) is 49.8 Å². The second kappa shape index (κ2) is 5.79. The Labute approximate surface area is 130 Å². The average molecular weight is 305 g/mol. The lowest BCUT2D eigenvalue weighted by molar-refractivity contribution is 0.476. The third-order valence-corrected chi connectivity index (χ3v) is 4.46. The van der Waals surface area contributed by atoms with Gasteiger partial charge in [0.25, 0.3) is 0 Å². The number of nitrogens with one attached hydrogen (secondary N) is 1. The van der Waals surface area contributed by atoms with Crippen molar-refractivity contribution in [2.45, 2.75) is 45.2 Å². The number of hydrogen-bond donors (Lipinski definition) is 2. The smallest absolute Gasteiger partial charge is 0.0893 e. The zero-order valence-corrected chi connectivity index (χ0v) is 13.2. The highest BCUT2D eigenvalue weighted by Gasteiger charge is 2.23. The number of aryl methyl sites for hydroxylation is 2. The van der Waals surface area contributed by atoms with Crippen LogP contribution in [0.2, 0.25) is 5.02 Å². The van der Waals surface area contributed by atoms with E-state index in [1.54, 1.807) is 6.20 Å². The standard InChI is InChI=1S/C16H21ClN4/c1-10(2)21-16(14(17)9-19-21)15(20-18)13-7-6-11-4-3-5-12(11)8-13/h6-10,15,20H,3-5,18H2,1-2H3. The molecule has 0 saturated heterocycles. The first-order chi connectivity index (χ1) is 10.1. The fourth-order valence-corrected chi connectivity index (χ4v) is 3.38. The van der Waals surface area contributed by atoms with E-state index in [0.717, 1.165) is 17.7 Å². The Morgan fingerprint density at radius 2 is 2.05 bits per heavy atom. The second-order valence-corrected chi connectivity index (χ2v) is 6.30. The van der Waals surface area contributed by atoms with Crippen molar-refractivity contribution in [1.29, 1.82) is 0 Å². The van der Waals surface area contributed by atoms with E-state index in [1.165, 1.54) is 24.0 Å². The van der Waals surface area contributed by atoms with Gasteiger partial charge in [0.1, 0.15) is 0 Å². The van der Waals surface area contributed by atoms with Crippen LogP contribution in [0.3, 0.4) is 0 Å². The summed E-state index contributed by atoms with van der Waals surface area (Å²) in [6.07, 6.45) is 5.26. The lowest BCUT2D eigenvalue weighted by Crippen LogP contribution is -2.31. The van der Waals surface area contributed by atoms with Crippen molar-refractivity contribution in [3.8, 4) is 0 Å². The summed E-state index contributed by atoms with van der Waals surface area (Å²) < 4.78 is 1.93. The number of hydrogen-bond acceptors (Lipinski definition) is 3. The third kappa shape index (κ3) is 2.59. The molecule has 4 nitrogen and oxygen atoms in total. The molecular formula is C16H21ClN4. The normalized spacial score (nSPS) is 15.5. The van der Waals surface area contributed by atoms with Crippen LogP contribution in [0.25, 0.3) is 0 Å². The van der Waals surface area contributed by atoms with Crippen LogP contribution in [-0.4, -0.2) is 9.78 Å². The molecule has 2 aromatic rings. The Bertz CT molecular complexity index is 648. The first-order valence-electron chi connectivity index (χ1n) is 7.42. The number of nitrogens with two attached hydrogens (primary N) is 1. The van der Waals surface area contributed by atoms with Gasteiger partial charge < -0.3 is 0 Å². The summed E-state index contributed by atoms with van der Waals surface area (Å²) >= 11 is 6.35. The van der Waals surface area contributed by atoms with Crippen molar-refractivity contribution >= 4 is 11.6 Å². The van der Waals surface area contributed by atoms with Gasteiger partial charge in [-0.25, -0.2) is 5.43 Å². The molecule has 1 heterocycles. The average Bonchev–Trinajstić information content (AvgIpc) is 3.07. The van der Waals surface area contributed by atoms with Crippen molar-refractivity contribution in [3.05, 3.63) is 51.8 Å². The molecule has 3 N–H and O–H groups in total. The van der Waals surface area contributed by atoms with E-state index >= 15 is 0 Å². The van der Waals surface area contributed by atoms with Crippen molar-refractivity contribution < 1.29 is 0 Å². The molecule has 0 saturated carbocycles. The predicted octanol–water partition coefficient (Wildman–Crippen LogP) is 3.16. The van der Waals surface area contributed by atoms with Gasteiger partial charge >= 0.3 is 0 Å². The minimum atomic E-state index is -0.145. The van der Waals surface area contributed by atoms with E-state index in [9.17, 15) is 0 Å². The number of halogens is 1. The molecule has 1 aliphatic carbocycles. The molecule has 0 aliphatic heterocycles. The fourth-order valence-electron chi connectivity index (χ4n) is 3.14. The Morgan fingerprint density at radius 1 is 1.29 bits per heavy atom. The maximum Gasteiger partial charge on any atom is 0.0893 e. The molecule has 1 atom stereocenters. The van der Waals surface area contributed by atoms with E-state index < -0.39 is 0 Å². The molecule has 1 aromatic carbocycles. The van der Waals surface area contributed by atoms with Gasteiger partial charge in [-0.3, -0.25) is 10.5 Å². The molecule has 0 bridgehead atoms. The van der Waals surface area contributed by atoms with Crippen molar-refractivity contribution in [3.63, 3.8) is 0 Å². The van der Waals surface area contributed by atoms with Gasteiger partial charge in [0.2, 0.25) is 0 Å². The second-order valence-electron chi connectivity index (χ2n) is 5.90. The summed E-state index contributed by atoms with van der Waals surface area (Å²) in [6.45, 7) is 4.17. The summed E-state index contributed by atoms with van der Waals surface area (Å²) in [5.74, 6) is 5.83. The Morgan fingerprint density at radius 3 is 2.76 bits per heavy atom. The van der Waals surface area contributed by atoms with Gasteiger partial charge in [0.15, 0.2) is 0 Å². The van der Waals surface area contributed by atoms with Gasteiger partial charge in [-0.1, -0.05) is 29.8 Å². The molecule has 5 heteroatoms. The number of benzene rings is 1. The maximum absolute atomic E-state index is 6.35. The monoisotopic (exact) mass is 304 g/mol. The zero-order chi connectivity index (χ0) is 15.0. The van der Waals surface area contributed by atoms with Crippen molar-refractivity contribution in [2.24, 2.45) is 5.84 Å². The van der Waals surface area contributed by atoms with Crippen LogP contribution in [-0.2, 0) is 12.8 Å².